The number of nitrogens with zero attached hydrogens (tertiary/aromatic N) is 1. The maximum Gasteiger partial charge on any atom is 0.340 e. The number of carbonyl (C=O) groups is 2. The normalized spacial score (nSPS) is 11.9. The Morgan fingerprint density at radius 3 is 2.63 bits per heavy atom. The second-order valence-electron chi connectivity index (χ2n) is 6.98. The van der Waals surface area contributed by atoms with Crippen LogP contribution in [-0.4, -0.2) is 23.1 Å². The van der Waals surface area contributed by atoms with Crippen molar-refractivity contribution in [2.24, 2.45) is 0 Å². The molecule has 0 radical (unpaired) electrons. The molecule has 30 heavy (non-hydrogen) atoms. The number of hydrogen-bond acceptors (Lipinski definition) is 4. The molecular weight excluding hydrogens is 394 g/mol. The molecule has 158 valence electrons. The Morgan fingerprint density at radius 1 is 1.20 bits per heavy atom. The zero-order chi connectivity index (χ0) is 21.8. The lowest BCUT2D eigenvalue weighted by molar-refractivity contribution is -0.124. The van der Waals surface area contributed by atoms with E-state index in [4.69, 9.17) is 9.15 Å². The predicted molar refractivity (Wildman–Crippen MR) is 105 cm³/mol. The standard InChI is InChI=1S/C22H22F2N2O4/c1-13-9-19(15(3)26(13)11-17-5-4-8-29-17)22(28)30-12-21(27)25-14(2)18-7-6-16(23)10-20(18)24/h4-10,14H,11-12H2,1-3H3,(H,25,27)/t14-/m0/s1. The van der Waals surface area contributed by atoms with Gasteiger partial charge in [-0.2, -0.15) is 0 Å². The summed E-state index contributed by atoms with van der Waals surface area (Å²) in [6, 6.07) is 7.72. The van der Waals surface area contributed by atoms with Gasteiger partial charge in [-0.25, -0.2) is 13.6 Å². The Kier molecular flexibility index (Phi) is 6.34. The Labute approximate surface area is 172 Å². The largest absolute Gasteiger partial charge is 0.467 e. The molecule has 6 nitrogen and oxygen atoms in total. The van der Waals surface area contributed by atoms with E-state index in [-0.39, 0.29) is 5.56 Å². The molecule has 2 heterocycles. The highest BCUT2D eigenvalue weighted by molar-refractivity contribution is 5.92. The van der Waals surface area contributed by atoms with Crippen molar-refractivity contribution in [3.63, 3.8) is 0 Å². The number of benzene rings is 1. The van der Waals surface area contributed by atoms with Crippen LogP contribution in [0.5, 0.6) is 0 Å². The van der Waals surface area contributed by atoms with Crippen molar-refractivity contribution in [3.05, 3.63) is 82.6 Å². The summed E-state index contributed by atoms with van der Waals surface area (Å²) >= 11 is 0. The van der Waals surface area contributed by atoms with E-state index in [1.165, 1.54) is 6.07 Å². The van der Waals surface area contributed by atoms with Gasteiger partial charge in [-0.15, -0.1) is 0 Å². The van der Waals surface area contributed by atoms with E-state index in [1.54, 1.807) is 32.2 Å². The van der Waals surface area contributed by atoms with Gasteiger partial charge < -0.3 is 19.0 Å². The highest BCUT2D eigenvalue weighted by Gasteiger charge is 2.20. The predicted octanol–water partition coefficient (Wildman–Crippen LogP) is 4.06. The lowest BCUT2D eigenvalue weighted by atomic mass is 10.1. The minimum atomic E-state index is -0.760. The quantitative estimate of drug-likeness (QED) is 0.590. The van der Waals surface area contributed by atoms with Gasteiger partial charge in [0, 0.05) is 23.0 Å². The van der Waals surface area contributed by atoms with Crippen LogP contribution in [0.3, 0.4) is 0 Å². The number of aromatic nitrogens is 1. The van der Waals surface area contributed by atoms with E-state index < -0.39 is 36.2 Å². The number of amides is 1. The van der Waals surface area contributed by atoms with Crippen molar-refractivity contribution in [2.45, 2.75) is 33.4 Å². The highest BCUT2D eigenvalue weighted by Crippen LogP contribution is 2.19. The van der Waals surface area contributed by atoms with Crippen LogP contribution in [0.15, 0.2) is 47.1 Å². The molecule has 3 aromatic rings. The smallest absolute Gasteiger partial charge is 0.340 e. The van der Waals surface area contributed by atoms with E-state index >= 15 is 0 Å². The molecule has 1 aromatic carbocycles. The van der Waals surface area contributed by atoms with Gasteiger partial charge in [0.15, 0.2) is 6.61 Å². The average molecular weight is 416 g/mol. The number of halogens is 2. The van der Waals surface area contributed by atoms with Crippen LogP contribution in [-0.2, 0) is 16.1 Å². The third-order valence-electron chi connectivity index (χ3n) is 4.83. The Balaban J connectivity index is 1.59. The molecule has 0 unspecified atom stereocenters. The van der Waals surface area contributed by atoms with Crippen LogP contribution in [0.1, 0.15) is 46.0 Å². The molecule has 3 rings (SSSR count). The number of furan rings is 1. The lowest BCUT2D eigenvalue weighted by Gasteiger charge is -2.15. The molecule has 1 atom stereocenters. The Bertz CT molecular complexity index is 1060. The van der Waals surface area contributed by atoms with Crippen LogP contribution in [0.25, 0.3) is 0 Å². The van der Waals surface area contributed by atoms with E-state index in [2.05, 4.69) is 5.32 Å². The molecule has 0 bridgehead atoms. The summed E-state index contributed by atoms with van der Waals surface area (Å²) < 4.78 is 39.2. The number of aryl methyl sites for hydroxylation is 1. The first-order chi connectivity index (χ1) is 14.3. The van der Waals surface area contributed by atoms with Gasteiger partial charge >= 0.3 is 5.97 Å². The summed E-state index contributed by atoms with van der Waals surface area (Å²) in [5.74, 6) is -1.94. The van der Waals surface area contributed by atoms with Crippen molar-refractivity contribution >= 4 is 11.9 Å². The average Bonchev–Trinajstić information content (AvgIpc) is 3.29. The fourth-order valence-electron chi connectivity index (χ4n) is 3.23. The number of esters is 1. The second kappa shape index (κ2) is 8.94. The van der Waals surface area contributed by atoms with E-state index in [1.807, 2.05) is 17.6 Å². The maximum absolute atomic E-state index is 13.8. The Hall–Kier alpha value is -3.42. The van der Waals surface area contributed by atoms with Gasteiger partial charge in [0.1, 0.15) is 17.4 Å². The van der Waals surface area contributed by atoms with Crippen LogP contribution in [0.2, 0.25) is 0 Å². The molecule has 0 aliphatic rings. The van der Waals surface area contributed by atoms with Crippen molar-refractivity contribution in [1.82, 2.24) is 9.88 Å². The molecular formula is C22H22F2N2O4. The van der Waals surface area contributed by atoms with Crippen molar-refractivity contribution in [2.75, 3.05) is 6.61 Å². The number of rotatable bonds is 7. The van der Waals surface area contributed by atoms with Crippen LogP contribution >= 0.6 is 0 Å². The summed E-state index contributed by atoms with van der Waals surface area (Å²) in [6.07, 6.45) is 1.58. The molecule has 0 aliphatic heterocycles. The van der Waals surface area contributed by atoms with E-state index in [0.717, 1.165) is 23.6 Å². The molecule has 0 aliphatic carbocycles. The van der Waals surface area contributed by atoms with Gasteiger partial charge in [0.2, 0.25) is 0 Å². The van der Waals surface area contributed by atoms with Crippen LogP contribution in [0.4, 0.5) is 8.78 Å². The number of nitrogens with one attached hydrogen (secondary N) is 1. The monoisotopic (exact) mass is 416 g/mol. The minimum Gasteiger partial charge on any atom is -0.467 e. The van der Waals surface area contributed by atoms with Crippen LogP contribution in [0, 0.1) is 25.5 Å². The Morgan fingerprint density at radius 2 is 1.97 bits per heavy atom. The fourth-order valence-corrected chi connectivity index (χ4v) is 3.23. The van der Waals surface area contributed by atoms with Crippen molar-refractivity contribution < 1.29 is 27.5 Å². The van der Waals surface area contributed by atoms with E-state index in [0.29, 0.717) is 17.8 Å². The molecule has 1 N–H and O–H groups in total. The number of hydrogen-bond donors (Lipinski definition) is 1. The summed E-state index contributed by atoms with van der Waals surface area (Å²) in [7, 11) is 0. The molecule has 0 spiro atoms. The number of carbonyl (C=O) groups excluding carboxylic acids is 2. The van der Waals surface area contributed by atoms with Crippen molar-refractivity contribution in [1.29, 1.82) is 0 Å². The topological polar surface area (TPSA) is 73.5 Å². The number of ether oxygens (including phenoxy) is 1. The molecule has 2 aromatic heterocycles. The second-order valence-corrected chi connectivity index (χ2v) is 6.98. The minimum absolute atomic E-state index is 0.137. The summed E-state index contributed by atoms with van der Waals surface area (Å²) in [5, 5.41) is 2.53. The zero-order valence-electron chi connectivity index (χ0n) is 16.9. The molecule has 0 fully saturated rings. The third-order valence-corrected chi connectivity index (χ3v) is 4.83. The fraction of sp³-hybridized carbons (Fsp3) is 0.273. The van der Waals surface area contributed by atoms with Crippen molar-refractivity contribution in [3.8, 4) is 0 Å². The summed E-state index contributed by atoms with van der Waals surface area (Å²) in [6.45, 7) is 5.15. The third kappa shape index (κ3) is 4.76. The lowest BCUT2D eigenvalue weighted by Crippen LogP contribution is -2.31. The van der Waals surface area contributed by atoms with Gasteiger partial charge in [-0.1, -0.05) is 6.07 Å². The maximum atomic E-state index is 13.8. The summed E-state index contributed by atoms with van der Waals surface area (Å²) in [4.78, 5) is 24.6. The van der Waals surface area contributed by atoms with Crippen LogP contribution < -0.4 is 5.32 Å². The SMILES string of the molecule is Cc1cc(C(=O)OCC(=O)N[C@@H](C)c2ccc(F)cc2F)c(C)n1Cc1ccco1. The van der Waals surface area contributed by atoms with Gasteiger partial charge in [0.05, 0.1) is 24.4 Å². The van der Waals surface area contributed by atoms with E-state index in [9.17, 15) is 18.4 Å². The molecule has 8 heteroatoms. The van der Waals surface area contributed by atoms with Gasteiger partial charge in [-0.3, -0.25) is 4.79 Å². The van der Waals surface area contributed by atoms with Gasteiger partial charge in [-0.05, 0) is 45.0 Å². The highest BCUT2D eigenvalue weighted by atomic mass is 19.1. The first-order valence-electron chi connectivity index (χ1n) is 9.36. The first kappa shape index (κ1) is 21.3. The summed E-state index contributed by atoms with van der Waals surface area (Å²) in [5.41, 5.74) is 2.03. The molecule has 0 saturated heterocycles. The first-order valence-corrected chi connectivity index (χ1v) is 9.36. The molecule has 1 amide bonds. The van der Waals surface area contributed by atoms with Gasteiger partial charge in [0.25, 0.3) is 5.91 Å². The zero-order valence-corrected chi connectivity index (χ0v) is 16.9. The molecule has 0 saturated carbocycles.